The Labute approximate surface area is 788 Å². The Bertz CT molecular complexity index is 5620. The lowest BCUT2D eigenvalue weighted by Crippen LogP contribution is -2.52. The summed E-state index contributed by atoms with van der Waals surface area (Å²) in [5.74, 6) is -5.19. The Morgan fingerprint density at radius 2 is 0.515 bits per heavy atom. The van der Waals surface area contributed by atoms with Gasteiger partial charge >= 0.3 is 23.9 Å². The molecule has 0 N–H and O–H groups in total. The number of fused-ring (bicyclic) bond motifs is 2. The molecule has 134 heavy (non-hydrogen) atoms. The van der Waals surface area contributed by atoms with Crippen LogP contribution in [0.4, 0.5) is 0 Å². The summed E-state index contributed by atoms with van der Waals surface area (Å²) in [6.07, 6.45) is 2.88. The molecule has 13 rings (SSSR count). The van der Waals surface area contributed by atoms with Crippen molar-refractivity contribution in [1.82, 2.24) is 9.80 Å². The van der Waals surface area contributed by atoms with Gasteiger partial charge in [-0.2, -0.15) is 0 Å². The number of imide groups is 2. The Kier molecular flexibility index (Phi) is 28.9. The van der Waals surface area contributed by atoms with E-state index in [1.54, 1.807) is 72.8 Å². The van der Waals surface area contributed by atoms with Crippen LogP contribution in [0, 0.1) is 21.7 Å². The van der Waals surface area contributed by atoms with Crippen LogP contribution in [0.2, 0.25) is 0 Å². The monoisotopic (exact) mass is 1810 g/mol. The molecule has 0 fully saturated rings. The molecule has 0 bridgehead atoms. The first kappa shape index (κ1) is 99.0. The fourth-order valence-corrected chi connectivity index (χ4v) is 20.2. The van der Waals surface area contributed by atoms with Gasteiger partial charge in [-0.25, -0.2) is 19.2 Å². The second-order valence-electron chi connectivity index (χ2n) is 43.4. The summed E-state index contributed by atoms with van der Waals surface area (Å²) in [4.78, 5) is 126. The van der Waals surface area contributed by atoms with Crippen LogP contribution in [0.15, 0.2) is 206 Å². The molecular weight excluding hydrogens is 1690 g/mol. The van der Waals surface area contributed by atoms with Crippen LogP contribution >= 0.6 is 0 Å². The minimum Gasteiger partial charge on any atom is -0.462 e. The summed E-state index contributed by atoms with van der Waals surface area (Å²) in [6, 6.07) is 52.2. The van der Waals surface area contributed by atoms with Crippen molar-refractivity contribution in [3.63, 3.8) is 0 Å². The largest absolute Gasteiger partial charge is 0.462 e. The van der Waals surface area contributed by atoms with Crippen molar-refractivity contribution in [2.75, 3.05) is 52.9 Å². The van der Waals surface area contributed by atoms with E-state index < -0.39 is 59.6 Å². The van der Waals surface area contributed by atoms with E-state index in [0.717, 1.165) is 57.7 Å². The van der Waals surface area contributed by atoms with Gasteiger partial charge in [0.2, 0.25) is 0 Å². The van der Waals surface area contributed by atoms with Gasteiger partial charge in [-0.05, 0) is 189 Å². The number of nitrogens with zero attached hydrogens (tertiary/aromatic N) is 2. The topological polar surface area (TPSA) is 235 Å². The molecular formula is C114H130N2O18. The molecule has 20 heteroatoms. The van der Waals surface area contributed by atoms with Gasteiger partial charge in [-0.15, -0.1) is 0 Å². The van der Waals surface area contributed by atoms with Crippen LogP contribution in [-0.2, 0) is 82.1 Å². The molecule has 2 aliphatic rings. The van der Waals surface area contributed by atoms with Crippen molar-refractivity contribution >= 4 is 90.6 Å². The zero-order valence-electron chi connectivity index (χ0n) is 82.0. The van der Waals surface area contributed by atoms with Gasteiger partial charge in [0.15, 0.2) is 0 Å². The molecule has 11 aromatic carbocycles. The van der Waals surface area contributed by atoms with E-state index >= 15 is 28.8 Å². The minimum atomic E-state index is -1.63. The molecule has 2 atom stereocenters. The molecule has 11 aromatic rings. The Morgan fingerprint density at radius 1 is 0.291 bits per heavy atom. The lowest BCUT2D eigenvalue weighted by molar-refractivity contribution is -0.151. The van der Waals surface area contributed by atoms with Crippen molar-refractivity contribution in [2.45, 2.75) is 225 Å². The minimum absolute atomic E-state index is 0.0314. The average molecular weight is 1820 g/mol. The van der Waals surface area contributed by atoms with Crippen LogP contribution < -0.4 is 18.9 Å². The van der Waals surface area contributed by atoms with Gasteiger partial charge in [0.1, 0.15) is 84.5 Å². The number of hydrogen-bond donors (Lipinski definition) is 0. The zero-order valence-corrected chi connectivity index (χ0v) is 82.0. The smallest absolute Gasteiger partial charge is 0.333 e. The SMILES string of the molecule is C=C(C)C(=O)OCCOCCOC(=O)C(Cc1ccccc1)N1C(=O)c2cc(Oc3ccc(C(C)(C)CC(C)(C)C)cc3)c3c4c(Oc5ccc(C(C)(C)CC(C)(C)C)cc5)cc5c6c(cc(Oc7ccc(C(C)(C)CC(C)(C)C)cc7)c(c7c(Oc8ccc(C(C)(C)CC(C)(C)C)cc8)cc(c2c37)C1=O)c64)C(=O)N(C(Cc1ccccc1)C(=O)OCCOCCOC(=O)C(=C)C)C5=O. The molecule has 0 saturated heterocycles. The number of carbonyl (C=O) groups excluding carboxylic acids is 8. The number of hydrogen-bond acceptors (Lipinski definition) is 18. The molecule has 0 aromatic heterocycles. The van der Waals surface area contributed by atoms with Crippen LogP contribution in [0.25, 0.3) is 43.1 Å². The van der Waals surface area contributed by atoms with Crippen LogP contribution in [0.5, 0.6) is 46.0 Å². The Hall–Kier alpha value is -12.5. The molecule has 0 saturated carbocycles. The third kappa shape index (κ3) is 22.8. The third-order valence-corrected chi connectivity index (χ3v) is 24.6. The lowest BCUT2D eigenvalue weighted by atomic mass is 9.72. The average Bonchev–Trinajstić information content (AvgIpc) is 0.668. The molecule has 0 spiro atoms. The third-order valence-electron chi connectivity index (χ3n) is 24.6. The second-order valence-corrected chi connectivity index (χ2v) is 43.4. The van der Waals surface area contributed by atoms with E-state index in [9.17, 15) is 9.59 Å². The predicted octanol–water partition coefficient (Wildman–Crippen LogP) is 25.5. The Balaban J connectivity index is 1.15. The maximum Gasteiger partial charge on any atom is 0.333 e. The highest BCUT2D eigenvalue weighted by atomic mass is 16.6. The first-order chi connectivity index (χ1) is 62.9. The summed E-state index contributed by atoms with van der Waals surface area (Å²) in [5.41, 5.74) is 3.81. The number of carbonyl (C=O) groups is 8. The van der Waals surface area contributed by atoms with E-state index in [1.165, 1.54) is 13.8 Å². The Morgan fingerprint density at radius 3 is 0.731 bits per heavy atom. The highest BCUT2D eigenvalue weighted by molar-refractivity contribution is 6.45. The maximum atomic E-state index is 17.0. The van der Waals surface area contributed by atoms with Gasteiger partial charge in [0.25, 0.3) is 23.6 Å². The molecule has 0 radical (unpaired) electrons. The van der Waals surface area contributed by atoms with E-state index in [-0.39, 0.29) is 209 Å². The summed E-state index contributed by atoms with van der Waals surface area (Å²) in [6.45, 7) is 53.2. The molecule has 704 valence electrons. The van der Waals surface area contributed by atoms with Crippen LogP contribution in [-0.4, -0.2) is 122 Å². The standard InChI is InChI=1S/C114H130N2O18/c1-69(2)103(121)127-55-51-125-53-57-129-105(123)85(59-71-31-27-25-28-32-71)115-99(117)81-61-87(131-77-43-35-73(36-44-77)111(17,18)65-107(5,6)7)93-95-89(133-79-47-39-75(40-48-79)113(21,22)67-109(11,12)13)63-83-92-84(102(120)116(101(83)119)86(60-72-33-29-26-30-34-72)106(124)130-58-54-126-52-56-128-104(122)70(3)4)64-90(134-80-49-41-76(42-50-80)114(23,24)68-110(14,15)16)96(98(92)95)94-88(62-82(100(115)118)91(81)97(93)94)132-78-45-37-74(38-46-78)112(19,20)66-108(8,9)10/h25-50,61-64,85-86H,1,3,51-60,65-68H2,2,4-24H3. The van der Waals surface area contributed by atoms with E-state index in [0.29, 0.717) is 34.1 Å². The van der Waals surface area contributed by atoms with Crippen molar-refractivity contribution < 1.29 is 85.7 Å². The fraction of sp³-hybridized carbons (Fsp3) is 0.404. The summed E-state index contributed by atoms with van der Waals surface area (Å²) in [5, 5.41) is 1.64. The summed E-state index contributed by atoms with van der Waals surface area (Å²) >= 11 is 0. The van der Waals surface area contributed by atoms with Gasteiger partial charge in [-0.3, -0.25) is 29.0 Å². The highest BCUT2D eigenvalue weighted by Crippen LogP contribution is 2.59. The molecule has 2 aliphatic heterocycles. The lowest BCUT2D eigenvalue weighted by Gasteiger charge is -2.35. The number of rotatable bonds is 38. The van der Waals surface area contributed by atoms with Gasteiger partial charge < -0.3 is 47.4 Å². The van der Waals surface area contributed by atoms with Crippen LogP contribution in [0.1, 0.15) is 253 Å². The normalized spacial score (nSPS) is 13.9. The van der Waals surface area contributed by atoms with Crippen molar-refractivity contribution in [3.8, 4) is 46.0 Å². The number of amides is 4. The van der Waals surface area contributed by atoms with E-state index in [4.69, 9.17) is 47.4 Å². The first-order valence-corrected chi connectivity index (χ1v) is 46.4. The van der Waals surface area contributed by atoms with E-state index in [1.807, 2.05) is 109 Å². The molecule has 2 unspecified atom stereocenters. The number of benzene rings is 11. The molecule has 4 amide bonds. The van der Waals surface area contributed by atoms with Crippen molar-refractivity contribution in [3.05, 3.63) is 262 Å². The van der Waals surface area contributed by atoms with Gasteiger partial charge in [-0.1, -0.05) is 261 Å². The van der Waals surface area contributed by atoms with Crippen molar-refractivity contribution in [1.29, 1.82) is 0 Å². The van der Waals surface area contributed by atoms with E-state index in [2.05, 4.69) is 152 Å². The van der Waals surface area contributed by atoms with Crippen molar-refractivity contribution in [2.24, 2.45) is 21.7 Å². The molecule has 0 aliphatic carbocycles. The number of ether oxygens (including phenoxy) is 10. The van der Waals surface area contributed by atoms with Crippen LogP contribution in [0.3, 0.4) is 0 Å². The fourth-order valence-electron chi connectivity index (χ4n) is 20.2. The predicted molar refractivity (Wildman–Crippen MR) is 526 cm³/mol. The maximum absolute atomic E-state index is 17.0. The first-order valence-electron chi connectivity index (χ1n) is 46.4. The highest BCUT2D eigenvalue weighted by Gasteiger charge is 2.48. The van der Waals surface area contributed by atoms with Gasteiger partial charge in [0.05, 0.1) is 48.7 Å². The zero-order chi connectivity index (χ0) is 97.3. The quantitative estimate of drug-likeness (QED) is 0.00665. The molecule has 2 heterocycles. The second kappa shape index (κ2) is 39.2. The summed E-state index contributed by atoms with van der Waals surface area (Å²) in [7, 11) is 0. The summed E-state index contributed by atoms with van der Waals surface area (Å²) < 4.78 is 64.6. The number of esters is 4. The van der Waals surface area contributed by atoms with Gasteiger partial charge in [0, 0.05) is 67.1 Å². The molecule has 20 nitrogen and oxygen atoms in total.